The Hall–Kier alpha value is -1.41. The predicted octanol–water partition coefficient (Wildman–Crippen LogP) is 2.85. The van der Waals surface area contributed by atoms with E-state index in [1.54, 1.807) is 0 Å². The molecule has 0 heterocycles. The van der Waals surface area contributed by atoms with Gasteiger partial charge in [-0.05, 0) is 31.4 Å². The molecule has 0 amide bonds. The van der Waals surface area contributed by atoms with E-state index in [4.69, 9.17) is 15.4 Å². The summed E-state index contributed by atoms with van der Waals surface area (Å²) in [7, 11) is 1.56. The summed E-state index contributed by atoms with van der Waals surface area (Å²) in [6.45, 7) is 0.175. The fraction of sp³-hybridized carbons (Fsp3) is 0.455. The van der Waals surface area contributed by atoms with Crippen LogP contribution in [0, 0.1) is 15.9 Å². The molecule has 6 nitrogen and oxygen atoms in total. The second-order valence-electron chi connectivity index (χ2n) is 4.02. The highest BCUT2D eigenvalue weighted by Crippen LogP contribution is 2.27. The number of unbranched alkanes of at least 4 members (excludes halogenated alkanes) is 2. The molecule has 1 aromatic rings. The van der Waals surface area contributed by atoms with Crippen LogP contribution in [0.2, 0.25) is 0 Å². The second-order valence-corrected chi connectivity index (χ2v) is 6.92. The maximum absolute atomic E-state index is 12.9. The molecule has 20 heavy (non-hydrogen) atoms. The molecule has 0 unspecified atom stereocenters. The Morgan fingerprint density at radius 2 is 2.00 bits per heavy atom. The Kier molecular flexibility index (Phi) is 6.15. The molecule has 0 aliphatic carbocycles. The van der Waals surface area contributed by atoms with Gasteiger partial charge in [-0.1, -0.05) is 0 Å². The Bertz CT molecular complexity index is 578. The number of hydrogen-bond donors (Lipinski definition) is 0. The van der Waals surface area contributed by atoms with E-state index in [2.05, 4.69) is 0 Å². The van der Waals surface area contributed by atoms with Crippen LogP contribution < -0.4 is 4.74 Å². The standard InChI is InChI=1S/C11H13ClFNO5S/c12-20(17,18)7-3-1-2-6-19-11-5-4-9(13)8-10(11)14(15)16/h4-5,8H,1-3,6-7H2. The molecule has 112 valence electrons. The zero-order valence-corrected chi connectivity index (χ0v) is 12.0. The van der Waals surface area contributed by atoms with Crippen molar-refractivity contribution in [2.45, 2.75) is 19.3 Å². The van der Waals surface area contributed by atoms with Crippen molar-refractivity contribution in [3.63, 3.8) is 0 Å². The third-order valence-electron chi connectivity index (χ3n) is 2.41. The fourth-order valence-electron chi connectivity index (χ4n) is 1.49. The van der Waals surface area contributed by atoms with Crippen molar-refractivity contribution in [3.8, 4) is 5.75 Å². The number of halogens is 2. The van der Waals surface area contributed by atoms with E-state index in [1.807, 2.05) is 0 Å². The summed E-state index contributed by atoms with van der Waals surface area (Å²) in [6, 6.07) is 3.05. The summed E-state index contributed by atoms with van der Waals surface area (Å²) in [5, 5.41) is 10.7. The molecule has 0 aliphatic heterocycles. The molecule has 0 saturated carbocycles. The largest absolute Gasteiger partial charge is 0.487 e. The maximum Gasteiger partial charge on any atom is 0.313 e. The Morgan fingerprint density at radius 3 is 2.60 bits per heavy atom. The summed E-state index contributed by atoms with van der Waals surface area (Å²) in [5.74, 6) is -0.844. The van der Waals surface area contributed by atoms with Gasteiger partial charge in [0.15, 0.2) is 5.75 Å². The average Bonchev–Trinajstić information content (AvgIpc) is 2.33. The summed E-state index contributed by atoms with van der Waals surface area (Å²) in [5.41, 5.74) is -0.437. The average molecular weight is 326 g/mol. The molecule has 0 aromatic heterocycles. The van der Waals surface area contributed by atoms with Gasteiger partial charge in [0.05, 0.1) is 23.3 Å². The number of hydrogen-bond acceptors (Lipinski definition) is 5. The SMILES string of the molecule is O=[N+]([O-])c1cc(F)ccc1OCCCCCS(=O)(=O)Cl. The lowest BCUT2D eigenvalue weighted by Gasteiger charge is -2.06. The van der Waals surface area contributed by atoms with E-state index in [0.717, 1.165) is 12.1 Å². The number of benzene rings is 1. The molecule has 0 radical (unpaired) electrons. The molecule has 0 saturated heterocycles. The molecule has 0 spiro atoms. The molecule has 0 bridgehead atoms. The Labute approximate surface area is 120 Å². The third kappa shape index (κ3) is 6.16. The van der Waals surface area contributed by atoms with Gasteiger partial charge in [-0.3, -0.25) is 10.1 Å². The van der Waals surface area contributed by atoms with Crippen LogP contribution in [-0.4, -0.2) is 25.7 Å². The summed E-state index contributed by atoms with van der Waals surface area (Å²) in [6.07, 6.45) is 1.46. The maximum atomic E-state index is 12.9. The van der Waals surface area contributed by atoms with Gasteiger partial charge in [-0.25, -0.2) is 12.8 Å². The van der Waals surface area contributed by atoms with Crippen molar-refractivity contribution >= 4 is 25.4 Å². The highest BCUT2D eigenvalue weighted by atomic mass is 35.7. The van der Waals surface area contributed by atoms with Crippen LogP contribution in [-0.2, 0) is 9.05 Å². The fourth-order valence-corrected chi connectivity index (χ4v) is 2.37. The minimum absolute atomic E-state index is 0.0126. The van der Waals surface area contributed by atoms with Crippen LogP contribution in [0.3, 0.4) is 0 Å². The zero-order valence-electron chi connectivity index (χ0n) is 10.4. The topological polar surface area (TPSA) is 86.5 Å². The molecule has 0 N–H and O–H groups in total. The number of rotatable bonds is 8. The number of nitrogens with zero attached hydrogens (tertiary/aromatic N) is 1. The van der Waals surface area contributed by atoms with Crippen LogP contribution in [0.1, 0.15) is 19.3 Å². The van der Waals surface area contributed by atoms with E-state index in [-0.39, 0.29) is 18.1 Å². The summed E-state index contributed by atoms with van der Waals surface area (Å²) < 4.78 is 39.4. The van der Waals surface area contributed by atoms with Crippen molar-refractivity contribution in [1.29, 1.82) is 0 Å². The molecule has 9 heteroatoms. The van der Waals surface area contributed by atoms with E-state index in [0.29, 0.717) is 19.3 Å². The van der Waals surface area contributed by atoms with Gasteiger partial charge in [0.25, 0.3) is 0 Å². The minimum atomic E-state index is -3.49. The van der Waals surface area contributed by atoms with Crippen molar-refractivity contribution in [3.05, 3.63) is 34.1 Å². The molecular formula is C11H13ClFNO5S. The lowest BCUT2D eigenvalue weighted by atomic mass is 10.2. The van der Waals surface area contributed by atoms with Gasteiger partial charge in [-0.15, -0.1) is 0 Å². The molecule has 0 atom stereocenters. The van der Waals surface area contributed by atoms with Gasteiger partial charge < -0.3 is 4.74 Å². The van der Waals surface area contributed by atoms with Gasteiger partial charge in [-0.2, -0.15) is 0 Å². The van der Waals surface area contributed by atoms with Crippen LogP contribution in [0.4, 0.5) is 10.1 Å². The predicted molar refractivity (Wildman–Crippen MR) is 72.0 cm³/mol. The van der Waals surface area contributed by atoms with Crippen molar-refractivity contribution in [2.24, 2.45) is 0 Å². The molecule has 0 aliphatic rings. The van der Waals surface area contributed by atoms with Gasteiger partial charge in [0.2, 0.25) is 9.05 Å². The summed E-state index contributed by atoms with van der Waals surface area (Å²) >= 11 is 0. The Balaban J connectivity index is 2.41. The molecular weight excluding hydrogens is 313 g/mol. The third-order valence-corrected chi connectivity index (χ3v) is 3.65. The lowest BCUT2D eigenvalue weighted by molar-refractivity contribution is -0.386. The van der Waals surface area contributed by atoms with Gasteiger partial charge in [0, 0.05) is 10.7 Å². The normalized spacial score (nSPS) is 11.3. The first-order valence-corrected chi connectivity index (χ1v) is 8.26. The van der Waals surface area contributed by atoms with Crippen LogP contribution >= 0.6 is 10.7 Å². The second kappa shape index (κ2) is 7.39. The summed E-state index contributed by atoms with van der Waals surface area (Å²) in [4.78, 5) is 9.97. The quantitative estimate of drug-likeness (QED) is 0.317. The first-order chi connectivity index (χ1) is 9.29. The van der Waals surface area contributed by atoms with E-state index in [1.165, 1.54) is 6.07 Å². The lowest BCUT2D eigenvalue weighted by Crippen LogP contribution is -2.02. The minimum Gasteiger partial charge on any atom is -0.487 e. The first-order valence-electron chi connectivity index (χ1n) is 5.78. The van der Waals surface area contributed by atoms with Gasteiger partial charge >= 0.3 is 5.69 Å². The zero-order chi connectivity index (χ0) is 15.2. The van der Waals surface area contributed by atoms with E-state index >= 15 is 0 Å². The van der Waals surface area contributed by atoms with E-state index in [9.17, 15) is 22.9 Å². The highest BCUT2D eigenvalue weighted by Gasteiger charge is 2.16. The monoisotopic (exact) mass is 325 g/mol. The van der Waals surface area contributed by atoms with Crippen LogP contribution in [0.15, 0.2) is 18.2 Å². The highest BCUT2D eigenvalue weighted by molar-refractivity contribution is 8.13. The Morgan fingerprint density at radius 1 is 1.30 bits per heavy atom. The number of ether oxygens (including phenoxy) is 1. The van der Waals surface area contributed by atoms with Gasteiger partial charge in [0.1, 0.15) is 5.82 Å². The van der Waals surface area contributed by atoms with Crippen molar-refractivity contribution < 1.29 is 22.5 Å². The van der Waals surface area contributed by atoms with Crippen molar-refractivity contribution in [1.82, 2.24) is 0 Å². The molecule has 1 aromatic carbocycles. The smallest absolute Gasteiger partial charge is 0.313 e. The number of nitro groups is 1. The first kappa shape index (κ1) is 16.6. The van der Waals surface area contributed by atoms with Crippen LogP contribution in [0.25, 0.3) is 0 Å². The van der Waals surface area contributed by atoms with Crippen molar-refractivity contribution in [2.75, 3.05) is 12.4 Å². The van der Waals surface area contributed by atoms with E-state index < -0.39 is 25.5 Å². The molecule has 1 rings (SSSR count). The molecule has 0 fully saturated rings. The van der Waals surface area contributed by atoms with Crippen LogP contribution in [0.5, 0.6) is 5.75 Å². The number of nitro benzene ring substituents is 1.